The van der Waals surface area contributed by atoms with Crippen molar-refractivity contribution in [3.63, 3.8) is 0 Å². The monoisotopic (exact) mass is 488 g/mol. The fourth-order valence-electron chi connectivity index (χ4n) is 3.55. The minimum atomic E-state index is -0.568. The minimum absolute atomic E-state index is 0.0169. The van der Waals surface area contributed by atoms with Gasteiger partial charge < -0.3 is 10.6 Å². The van der Waals surface area contributed by atoms with Crippen LogP contribution in [-0.2, 0) is 4.79 Å². The van der Waals surface area contributed by atoms with Crippen molar-refractivity contribution in [2.45, 2.75) is 13.0 Å². The predicted octanol–water partition coefficient (Wildman–Crippen LogP) is 3.96. The summed E-state index contributed by atoms with van der Waals surface area (Å²) in [5.74, 6) is -1.73. The summed E-state index contributed by atoms with van der Waals surface area (Å²) >= 11 is 0. The number of carbonyl (C=O) groups excluding carboxylic acids is 2. The molecule has 2 N–H and O–H groups in total. The fraction of sp³-hybridized carbons (Fsp3) is 0.111. The Hall–Kier alpha value is -4.50. The Morgan fingerprint density at radius 3 is 2.17 bits per heavy atom. The lowest BCUT2D eigenvalue weighted by molar-refractivity contribution is -0.117. The van der Waals surface area contributed by atoms with E-state index < -0.39 is 34.9 Å². The van der Waals surface area contributed by atoms with Crippen molar-refractivity contribution in [3.8, 4) is 16.9 Å². The molecule has 1 atom stereocenters. The molecule has 0 unspecified atom stereocenters. The van der Waals surface area contributed by atoms with Crippen LogP contribution in [0.3, 0.4) is 0 Å². The number of pyridine rings is 2. The lowest BCUT2D eigenvalue weighted by Crippen LogP contribution is -2.37. The topological polar surface area (TPSA) is 93.1 Å². The number of anilines is 1. The van der Waals surface area contributed by atoms with Crippen molar-refractivity contribution < 1.29 is 18.4 Å². The molecule has 0 aliphatic rings. The summed E-state index contributed by atoms with van der Waals surface area (Å²) in [7, 11) is 1.62. The minimum Gasteiger partial charge on any atom is -0.320 e. The lowest BCUT2D eigenvalue weighted by atomic mass is 10.0. The highest BCUT2D eigenvalue weighted by molar-refractivity contribution is 6.09. The molecule has 7 nitrogen and oxygen atoms in total. The maximum absolute atomic E-state index is 13.6. The molecule has 9 heteroatoms. The van der Waals surface area contributed by atoms with Crippen molar-refractivity contribution >= 4 is 17.4 Å². The second-order valence-corrected chi connectivity index (χ2v) is 8.05. The van der Waals surface area contributed by atoms with Crippen LogP contribution in [-0.4, -0.2) is 34.3 Å². The zero-order chi connectivity index (χ0) is 25.8. The number of likely N-dealkylation sites (N-methyl/N-ethyl adjacent to an activating group) is 1. The van der Waals surface area contributed by atoms with Gasteiger partial charge in [-0.3, -0.25) is 23.9 Å². The average Bonchev–Trinajstić information content (AvgIpc) is 2.89. The van der Waals surface area contributed by atoms with Crippen LogP contribution in [0.5, 0.6) is 0 Å². The number of hydrogen-bond acceptors (Lipinski definition) is 5. The number of aromatic nitrogens is 2. The van der Waals surface area contributed by atoms with E-state index in [1.807, 2.05) is 0 Å². The number of rotatable bonds is 7. The number of carbonyl (C=O) groups is 2. The highest BCUT2D eigenvalue weighted by Crippen LogP contribution is 2.24. The maximum Gasteiger partial charge on any atom is 0.279 e. The van der Waals surface area contributed by atoms with Crippen molar-refractivity contribution in [1.82, 2.24) is 14.9 Å². The van der Waals surface area contributed by atoms with Crippen molar-refractivity contribution in [3.05, 3.63) is 112 Å². The van der Waals surface area contributed by atoms with E-state index in [4.69, 9.17) is 0 Å². The first-order valence-corrected chi connectivity index (χ1v) is 11.0. The summed E-state index contributed by atoms with van der Waals surface area (Å²) in [6.45, 7) is 1.65. The van der Waals surface area contributed by atoms with Gasteiger partial charge in [-0.25, -0.2) is 8.78 Å². The molecule has 2 aromatic carbocycles. The number of nitrogens with zero attached hydrogens (tertiary/aromatic N) is 2. The van der Waals surface area contributed by atoms with Crippen LogP contribution < -0.4 is 16.2 Å². The summed E-state index contributed by atoms with van der Waals surface area (Å²) in [6.07, 6.45) is 2.75. The van der Waals surface area contributed by atoms with Gasteiger partial charge in [-0.1, -0.05) is 0 Å². The van der Waals surface area contributed by atoms with E-state index in [2.05, 4.69) is 15.6 Å². The Morgan fingerprint density at radius 2 is 1.53 bits per heavy atom. The van der Waals surface area contributed by atoms with Gasteiger partial charge in [0.2, 0.25) is 5.91 Å². The molecule has 0 spiro atoms. The average molecular weight is 488 g/mol. The summed E-state index contributed by atoms with van der Waals surface area (Å²) < 4.78 is 28.1. The summed E-state index contributed by atoms with van der Waals surface area (Å²) in [4.78, 5) is 43.1. The van der Waals surface area contributed by atoms with Gasteiger partial charge in [-0.05, 0) is 86.3 Å². The molecule has 1 amide bonds. The molecule has 182 valence electrons. The number of halogens is 2. The molecule has 0 fully saturated rings. The number of benzene rings is 2. The maximum atomic E-state index is 13.6. The molecule has 4 rings (SSSR count). The molecule has 0 saturated carbocycles. The number of ketones is 1. The van der Waals surface area contributed by atoms with E-state index in [0.717, 1.165) is 0 Å². The molecule has 2 heterocycles. The van der Waals surface area contributed by atoms with Gasteiger partial charge in [0, 0.05) is 17.3 Å². The zero-order valence-electron chi connectivity index (χ0n) is 19.5. The van der Waals surface area contributed by atoms with Crippen LogP contribution in [0.1, 0.15) is 22.8 Å². The van der Waals surface area contributed by atoms with Crippen LogP contribution >= 0.6 is 0 Å². The molecule has 0 aliphatic carbocycles. The number of amides is 1. The van der Waals surface area contributed by atoms with Gasteiger partial charge in [-0.2, -0.15) is 0 Å². The Morgan fingerprint density at radius 1 is 0.889 bits per heavy atom. The zero-order valence-corrected chi connectivity index (χ0v) is 19.5. The van der Waals surface area contributed by atoms with Crippen LogP contribution in [0.4, 0.5) is 14.5 Å². The predicted molar refractivity (Wildman–Crippen MR) is 132 cm³/mol. The third-order valence-electron chi connectivity index (χ3n) is 5.66. The van der Waals surface area contributed by atoms with E-state index in [1.54, 1.807) is 20.0 Å². The van der Waals surface area contributed by atoms with Crippen LogP contribution in [0.25, 0.3) is 16.9 Å². The van der Waals surface area contributed by atoms with Gasteiger partial charge in [0.25, 0.3) is 5.56 Å². The highest BCUT2D eigenvalue weighted by Gasteiger charge is 2.18. The molecule has 0 radical (unpaired) electrons. The molecular weight excluding hydrogens is 466 g/mol. The van der Waals surface area contributed by atoms with Gasteiger partial charge in [0.05, 0.1) is 23.6 Å². The van der Waals surface area contributed by atoms with E-state index in [0.29, 0.717) is 11.3 Å². The third kappa shape index (κ3) is 5.11. The lowest BCUT2D eigenvalue weighted by Gasteiger charge is -2.17. The van der Waals surface area contributed by atoms with Crippen molar-refractivity contribution in [1.29, 1.82) is 0 Å². The Labute approximate surface area is 205 Å². The van der Waals surface area contributed by atoms with E-state index in [1.165, 1.54) is 77.6 Å². The summed E-state index contributed by atoms with van der Waals surface area (Å²) in [5, 5.41) is 5.41. The smallest absolute Gasteiger partial charge is 0.279 e. The van der Waals surface area contributed by atoms with Gasteiger partial charge >= 0.3 is 0 Å². The number of nitrogens with one attached hydrogen (secondary N) is 2. The van der Waals surface area contributed by atoms with Gasteiger partial charge in [0.1, 0.15) is 17.3 Å². The van der Waals surface area contributed by atoms with Crippen molar-refractivity contribution in [2.24, 2.45) is 0 Å². The second kappa shape index (κ2) is 10.4. The first kappa shape index (κ1) is 24.6. The Kier molecular flexibility index (Phi) is 7.12. The largest absolute Gasteiger partial charge is 0.320 e. The van der Waals surface area contributed by atoms with E-state index >= 15 is 0 Å². The number of hydrogen-bond donors (Lipinski definition) is 2. The molecular formula is C27H22F2N4O3. The highest BCUT2D eigenvalue weighted by atomic mass is 19.1. The van der Waals surface area contributed by atoms with Gasteiger partial charge in [-0.15, -0.1) is 0 Å². The van der Waals surface area contributed by atoms with Crippen molar-refractivity contribution in [2.75, 3.05) is 12.4 Å². The van der Waals surface area contributed by atoms with Gasteiger partial charge in [0.15, 0.2) is 5.78 Å². The normalized spacial score (nSPS) is 11.7. The molecule has 4 aromatic rings. The Bertz CT molecular complexity index is 1480. The SMILES string of the molecule is CN[C@@H](C)C(=O)Nc1ccc(-c2ccc(F)cc2)n(-c2cncc(C(=O)c3ccc(F)cc3)c2)c1=O. The summed E-state index contributed by atoms with van der Waals surface area (Å²) in [5.41, 5.74) is 1.06. The van der Waals surface area contributed by atoms with Crippen LogP contribution in [0.15, 0.2) is 83.9 Å². The Balaban J connectivity index is 1.85. The molecule has 0 saturated heterocycles. The quantitative estimate of drug-likeness (QED) is 0.384. The standard InChI is InChI=1S/C27H22F2N4O3/c1-16(30-2)26(35)32-23-11-12-24(17-3-7-20(28)8-4-17)33(27(23)36)22-13-19(14-31-15-22)25(34)18-5-9-21(29)10-6-18/h3-16,30H,1-2H3,(H,32,35)/t16-/m0/s1. The molecule has 36 heavy (non-hydrogen) atoms. The summed E-state index contributed by atoms with van der Waals surface area (Å²) in [6, 6.07) is 14.7. The third-order valence-corrected chi connectivity index (χ3v) is 5.66. The van der Waals surface area contributed by atoms with E-state index in [9.17, 15) is 23.2 Å². The van der Waals surface area contributed by atoms with Crippen LogP contribution in [0.2, 0.25) is 0 Å². The van der Waals surface area contributed by atoms with E-state index in [-0.39, 0.29) is 22.5 Å². The first-order chi connectivity index (χ1) is 17.3. The molecule has 0 aliphatic heterocycles. The first-order valence-electron chi connectivity index (χ1n) is 11.0. The second-order valence-electron chi connectivity index (χ2n) is 8.05. The fourth-order valence-corrected chi connectivity index (χ4v) is 3.55. The molecule has 2 aromatic heterocycles. The van der Waals surface area contributed by atoms with Crippen LogP contribution in [0, 0.1) is 11.6 Å². The molecule has 0 bridgehead atoms.